The molecule has 0 N–H and O–H groups in total. The second-order valence-electron chi connectivity index (χ2n) is 7.16. The van der Waals surface area contributed by atoms with Gasteiger partial charge in [0.2, 0.25) is 0 Å². The van der Waals surface area contributed by atoms with Crippen LogP contribution in [0.15, 0.2) is 47.3 Å². The summed E-state index contributed by atoms with van der Waals surface area (Å²) in [6.45, 7) is 2.94. The van der Waals surface area contributed by atoms with E-state index >= 15 is 0 Å². The molecule has 0 amide bonds. The van der Waals surface area contributed by atoms with Crippen LogP contribution >= 0.6 is 0 Å². The number of aryl methyl sites for hydroxylation is 1. The Morgan fingerprint density at radius 1 is 1.21 bits per heavy atom. The molecule has 0 bridgehead atoms. The Balaban J connectivity index is 2.01. The molecule has 0 aliphatic carbocycles. The summed E-state index contributed by atoms with van der Waals surface area (Å²) in [7, 11) is 1.59. The van der Waals surface area contributed by atoms with Crippen LogP contribution in [0, 0.1) is 6.92 Å². The fourth-order valence-electron chi connectivity index (χ4n) is 3.74. The Kier molecular flexibility index (Phi) is 4.82. The second kappa shape index (κ2) is 7.18. The van der Waals surface area contributed by atoms with Gasteiger partial charge < -0.3 is 9.64 Å². The third-order valence-corrected chi connectivity index (χ3v) is 5.33. The Hall–Kier alpha value is -2.87. The fourth-order valence-corrected chi connectivity index (χ4v) is 3.74. The number of nitrogens with zero attached hydrogens (tertiary/aromatic N) is 3. The van der Waals surface area contributed by atoms with Gasteiger partial charge in [-0.2, -0.15) is 18.2 Å². The zero-order valence-electron chi connectivity index (χ0n) is 16.0. The number of alkyl halides is 3. The minimum absolute atomic E-state index is 0.0479. The number of halogens is 3. The van der Waals surface area contributed by atoms with E-state index in [1.165, 1.54) is 10.6 Å². The quantitative estimate of drug-likeness (QED) is 0.662. The molecule has 0 spiro atoms. The maximum Gasteiger partial charge on any atom is 0.416 e. The first-order chi connectivity index (χ1) is 13.8. The van der Waals surface area contributed by atoms with E-state index in [9.17, 15) is 18.0 Å². The van der Waals surface area contributed by atoms with E-state index in [1.54, 1.807) is 32.2 Å². The number of ether oxygens (including phenoxy) is 1. The van der Waals surface area contributed by atoms with E-state index in [4.69, 9.17) is 4.74 Å². The number of rotatable bonds is 4. The molecule has 5 nitrogen and oxygen atoms in total. The smallest absolute Gasteiger partial charge is 0.383 e. The first-order valence-electron chi connectivity index (χ1n) is 9.27. The summed E-state index contributed by atoms with van der Waals surface area (Å²) < 4.78 is 46.7. The molecule has 1 fully saturated rings. The highest BCUT2D eigenvalue weighted by atomic mass is 19.4. The van der Waals surface area contributed by atoms with Crippen molar-refractivity contribution in [3.05, 3.63) is 64.1 Å². The van der Waals surface area contributed by atoms with Gasteiger partial charge in [0.25, 0.3) is 0 Å². The third-order valence-electron chi connectivity index (χ3n) is 5.33. The Bertz CT molecular complexity index is 1120. The van der Waals surface area contributed by atoms with Crippen molar-refractivity contribution in [2.75, 3.05) is 25.2 Å². The average molecular weight is 403 g/mol. The maximum absolute atomic E-state index is 13.4. The first kappa shape index (κ1) is 19.4. The number of para-hydroxylation sites is 1. The summed E-state index contributed by atoms with van der Waals surface area (Å²) in [4.78, 5) is 19.2. The maximum atomic E-state index is 13.4. The van der Waals surface area contributed by atoms with Crippen LogP contribution in [0.2, 0.25) is 0 Å². The summed E-state index contributed by atoms with van der Waals surface area (Å²) >= 11 is 0. The largest absolute Gasteiger partial charge is 0.416 e. The SMILES string of the molecule is COC[C@H]1CCN1c1nc(=O)n(-c2ccccc2C)c2cc(C(F)(F)F)ccc12. The van der Waals surface area contributed by atoms with E-state index in [-0.39, 0.29) is 11.6 Å². The van der Waals surface area contributed by atoms with Crippen LogP contribution in [0.5, 0.6) is 0 Å². The van der Waals surface area contributed by atoms with Crippen molar-refractivity contribution >= 4 is 16.7 Å². The van der Waals surface area contributed by atoms with Crippen molar-refractivity contribution in [1.29, 1.82) is 0 Å². The van der Waals surface area contributed by atoms with Gasteiger partial charge in [-0.15, -0.1) is 0 Å². The van der Waals surface area contributed by atoms with Gasteiger partial charge >= 0.3 is 11.9 Å². The zero-order chi connectivity index (χ0) is 20.8. The molecule has 8 heteroatoms. The highest BCUT2D eigenvalue weighted by molar-refractivity contribution is 5.92. The Labute approximate surface area is 165 Å². The summed E-state index contributed by atoms with van der Waals surface area (Å²) in [5.41, 5.74) is 0.0549. The summed E-state index contributed by atoms with van der Waals surface area (Å²) in [5, 5.41) is 0.502. The molecule has 1 aliphatic rings. The van der Waals surface area contributed by atoms with Gasteiger partial charge in [0, 0.05) is 19.0 Å². The van der Waals surface area contributed by atoms with E-state index in [2.05, 4.69) is 4.98 Å². The molecule has 4 rings (SSSR count). The molecule has 2 aromatic carbocycles. The Morgan fingerprint density at radius 2 is 1.97 bits per heavy atom. The number of aromatic nitrogens is 2. The second-order valence-corrected chi connectivity index (χ2v) is 7.16. The number of benzene rings is 2. The van der Waals surface area contributed by atoms with Crippen LogP contribution in [0.1, 0.15) is 17.5 Å². The van der Waals surface area contributed by atoms with E-state index < -0.39 is 17.4 Å². The van der Waals surface area contributed by atoms with Crippen LogP contribution < -0.4 is 10.6 Å². The lowest BCUT2D eigenvalue weighted by Gasteiger charge is -2.42. The van der Waals surface area contributed by atoms with Gasteiger partial charge in [0.05, 0.1) is 29.4 Å². The van der Waals surface area contributed by atoms with E-state index in [0.717, 1.165) is 24.1 Å². The highest BCUT2D eigenvalue weighted by Gasteiger charge is 2.34. The minimum atomic E-state index is -4.51. The Morgan fingerprint density at radius 3 is 2.59 bits per heavy atom. The van der Waals surface area contributed by atoms with Gasteiger partial charge in [0.1, 0.15) is 5.82 Å². The number of hydrogen-bond acceptors (Lipinski definition) is 4. The standard InChI is InChI=1S/C21H20F3N3O2/c1-13-5-3-4-6-17(13)27-18-11-14(21(22,23)24)7-8-16(18)19(25-20(27)28)26-10-9-15(26)12-29-2/h3-8,11,15H,9-10,12H2,1-2H3/t15-/m1/s1. The van der Waals surface area contributed by atoms with Crippen molar-refractivity contribution in [2.45, 2.75) is 25.6 Å². The molecule has 1 aliphatic heterocycles. The van der Waals surface area contributed by atoms with Crippen molar-refractivity contribution in [3.63, 3.8) is 0 Å². The predicted octanol–water partition coefficient (Wildman–Crippen LogP) is 3.94. The van der Waals surface area contributed by atoms with E-state index in [1.807, 2.05) is 11.0 Å². The lowest BCUT2D eigenvalue weighted by molar-refractivity contribution is -0.137. The first-order valence-corrected chi connectivity index (χ1v) is 9.27. The van der Waals surface area contributed by atoms with Crippen molar-refractivity contribution in [1.82, 2.24) is 9.55 Å². The molecule has 152 valence electrons. The van der Waals surface area contributed by atoms with Crippen molar-refractivity contribution < 1.29 is 17.9 Å². The molecule has 1 aromatic heterocycles. The minimum Gasteiger partial charge on any atom is -0.383 e. The molecule has 0 radical (unpaired) electrons. The van der Waals surface area contributed by atoms with Gasteiger partial charge in [-0.05, 0) is 43.2 Å². The predicted molar refractivity (Wildman–Crippen MR) is 105 cm³/mol. The van der Waals surface area contributed by atoms with Crippen molar-refractivity contribution in [3.8, 4) is 5.69 Å². The molecular weight excluding hydrogens is 383 g/mol. The van der Waals surface area contributed by atoms with Crippen LogP contribution in [0.4, 0.5) is 19.0 Å². The number of anilines is 1. The van der Waals surface area contributed by atoms with Crippen LogP contribution in [-0.4, -0.2) is 35.9 Å². The third kappa shape index (κ3) is 3.37. The number of hydrogen-bond donors (Lipinski definition) is 0. The molecule has 1 saturated heterocycles. The number of methoxy groups -OCH3 is 1. The molecule has 2 heterocycles. The van der Waals surface area contributed by atoms with Gasteiger partial charge in [-0.1, -0.05) is 18.2 Å². The lowest BCUT2D eigenvalue weighted by Crippen LogP contribution is -2.51. The van der Waals surface area contributed by atoms with Gasteiger partial charge in [-0.25, -0.2) is 4.79 Å². The van der Waals surface area contributed by atoms with E-state index in [0.29, 0.717) is 30.0 Å². The zero-order valence-corrected chi connectivity index (χ0v) is 16.0. The van der Waals surface area contributed by atoms with Crippen LogP contribution in [0.25, 0.3) is 16.6 Å². The molecule has 0 saturated carbocycles. The molecule has 3 aromatic rings. The molecular formula is C21H20F3N3O2. The van der Waals surface area contributed by atoms with Gasteiger partial charge in [0.15, 0.2) is 0 Å². The topological polar surface area (TPSA) is 47.4 Å². The number of fused-ring (bicyclic) bond motifs is 1. The summed E-state index contributed by atoms with van der Waals surface area (Å²) in [5.74, 6) is 0.400. The molecule has 29 heavy (non-hydrogen) atoms. The van der Waals surface area contributed by atoms with Gasteiger partial charge in [-0.3, -0.25) is 4.57 Å². The average Bonchev–Trinajstić information content (AvgIpc) is 2.65. The fraction of sp³-hybridized carbons (Fsp3) is 0.333. The molecule has 0 unspecified atom stereocenters. The van der Waals surface area contributed by atoms with Crippen molar-refractivity contribution in [2.24, 2.45) is 0 Å². The summed E-state index contributed by atoms with van der Waals surface area (Å²) in [6, 6.07) is 10.6. The van der Waals surface area contributed by atoms with Crippen LogP contribution in [0.3, 0.4) is 0 Å². The monoisotopic (exact) mass is 403 g/mol. The molecule has 1 atom stereocenters. The normalized spacial score (nSPS) is 16.9. The van der Waals surface area contributed by atoms with Crippen LogP contribution in [-0.2, 0) is 10.9 Å². The summed E-state index contributed by atoms with van der Waals surface area (Å²) in [6.07, 6.45) is -3.64. The highest BCUT2D eigenvalue weighted by Crippen LogP contribution is 2.36. The lowest BCUT2D eigenvalue weighted by atomic mass is 10.0.